The summed E-state index contributed by atoms with van der Waals surface area (Å²) >= 11 is -2.14. The molecule has 0 radical (unpaired) electrons. The summed E-state index contributed by atoms with van der Waals surface area (Å²) in [4.78, 5) is 23.2. The summed E-state index contributed by atoms with van der Waals surface area (Å²) in [5.41, 5.74) is 0. The fourth-order valence-corrected chi connectivity index (χ4v) is 3.84. The molecular weight excluding hydrogens is 264 g/mol. The third kappa shape index (κ3) is 3.89. The smallest absolute Gasteiger partial charge is 0.338 e. The van der Waals surface area contributed by atoms with Gasteiger partial charge in [-0.3, -0.25) is 0 Å². The van der Waals surface area contributed by atoms with Gasteiger partial charge < -0.3 is 13.3 Å². The zero-order valence-electron chi connectivity index (χ0n) is 10.9. The van der Waals surface area contributed by atoms with Crippen LogP contribution in [-0.2, 0) is 34.0 Å². The van der Waals surface area contributed by atoms with E-state index in [1.165, 1.54) is 6.92 Å². The van der Waals surface area contributed by atoms with Crippen molar-refractivity contribution in [3.8, 4) is 0 Å². The lowest BCUT2D eigenvalue weighted by Crippen LogP contribution is -2.51. The standard InChI is InChI=1S/C9H18O6SSi/c1-9(7(10)13-2,8(11)14-3)16(12)15-17(4,5)6/h1-6H3. The Morgan fingerprint density at radius 3 is 1.65 bits per heavy atom. The van der Waals surface area contributed by atoms with Crippen LogP contribution in [0.4, 0.5) is 0 Å². The summed E-state index contributed by atoms with van der Waals surface area (Å²) in [6, 6.07) is 0. The molecule has 0 bridgehead atoms. The monoisotopic (exact) mass is 282 g/mol. The number of esters is 2. The molecule has 0 aliphatic heterocycles. The molecule has 100 valence electrons. The van der Waals surface area contributed by atoms with Crippen molar-refractivity contribution >= 4 is 31.3 Å². The number of carbonyl (C=O) groups is 2. The van der Waals surface area contributed by atoms with Crippen molar-refractivity contribution in [2.75, 3.05) is 14.2 Å². The number of methoxy groups -OCH3 is 2. The van der Waals surface area contributed by atoms with Crippen molar-refractivity contribution in [1.29, 1.82) is 0 Å². The first-order chi connectivity index (χ1) is 7.59. The van der Waals surface area contributed by atoms with Gasteiger partial charge in [0.25, 0.3) is 4.75 Å². The highest BCUT2D eigenvalue weighted by atomic mass is 32.2. The normalized spacial score (nSPS) is 14.0. The summed E-state index contributed by atoms with van der Waals surface area (Å²) in [5, 5.41) is 0. The topological polar surface area (TPSA) is 78.9 Å². The summed E-state index contributed by atoms with van der Waals surface area (Å²) in [5.74, 6) is -1.89. The van der Waals surface area contributed by atoms with Crippen molar-refractivity contribution in [2.24, 2.45) is 0 Å². The minimum atomic E-state index is -2.16. The van der Waals surface area contributed by atoms with Crippen LogP contribution < -0.4 is 0 Å². The molecule has 17 heavy (non-hydrogen) atoms. The molecular formula is C9H18O6SSi. The van der Waals surface area contributed by atoms with Crippen LogP contribution in [0.3, 0.4) is 0 Å². The Hall–Kier alpha value is -0.733. The predicted octanol–water partition coefficient (Wildman–Crippen LogP) is 0.606. The fourth-order valence-electron chi connectivity index (χ4n) is 0.919. The quantitative estimate of drug-likeness (QED) is 0.417. The molecule has 0 heterocycles. The van der Waals surface area contributed by atoms with E-state index >= 15 is 0 Å². The number of ether oxygens (including phenoxy) is 2. The van der Waals surface area contributed by atoms with Gasteiger partial charge >= 0.3 is 11.9 Å². The fraction of sp³-hybridized carbons (Fsp3) is 0.778. The molecule has 0 rings (SSSR count). The first-order valence-electron chi connectivity index (χ1n) is 4.87. The second-order valence-electron chi connectivity index (χ2n) is 4.45. The molecule has 0 aliphatic carbocycles. The molecule has 0 fully saturated rings. The molecule has 0 aliphatic rings. The molecule has 0 amide bonds. The number of rotatable bonds is 5. The lowest BCUT2D eigenvalue weighted by atomic mass is 10.2. The lowest BCUT2D eigenvalue weighted by molar-refractivity contribution is -0.155. The molecule has 0 saturated carbocycles. The summed E-state index contributed by atoms with van der Waals surface area (Å²) < 4.78 is 24.3. The van der Waals surface area contributed by atoms with Crippen LogP contribution in [0, 0.1) is 0 Å². The van der Waals surface area contributed by atoms with Gasteiger partial charge in [0, 0.05) is 0 Å². The first kappa shape index (κ1) is 16.3. The van der Waals surface area contributed by atoms with Crippen LogP contribution in [-0.4, -0.2) is 43.4 Å². The third-order valence-corrected chi connectivity index (χ3v) is 5.41. The summed E-state index contributed by atoms with van der Waals surface area (Å²) in [6.07, 6.45) is 0. The highest BCUT2D eigenvalue weighted by Crippen LogP contribution is 2.22. The van der Waals surface area contributed by atoms with Gasteiger partial charge in [-0.15, -0.1) is 0 Å². The highest BCUT2D eigenvalue weighted by Gasteiger charge is 2.52. The van der Waals surface area contributed by atoms with Crippen molar-refractivity contribution < 1.29 is 27.1 Å². The van der Waals surface area contributed by atoms with E-state index in [2.05, 4.69) is 9.47 Å². The zero-order chi connectivity index (χ0) is 13.9. The molecule has 0 saturated heterocycles. The van der Waals surface area contributed by atoms with E-state index < -0.39 is 36.1 Å². The van der Waals surface area contributed by atoms with E-state index in [1.807, 2.05) is 0 Å². The SMILES string of the molecule is COC(=O)C(C)(C(=O)OC)S(=O)O[Si](C)(C)C. The van der Waals surface area contributed by atoms with E-state index in [0.717, 1.165) is 14.2 Å². The predicted molar refractivity (Wildman–Crippen MR) is 65.0 cm³/mol. The van der Waals surface area contributed by atoms with Crippen molar-refractivity contribution in [1.82, 2.24) is 0 Å². The number of hydrogen-bond acceptors (Lipinski definition) is 6. The van der Waals surface area contributed by atoms with Gasteiger partial charge in [-0.05, 0) is 26.6 Å². The van der Waals surface area contributed by atoms with Crippen LogP contribution in [0.15, 0.2) is 0 Å². The van der Waals surface area contributed by atoms with E-state index in [4.69, 9.17) is 3.87 Å². The molecule has 0 spiro atoms. The van der Waals surface area contributed by atoms with Gasteiger partial charge in [-0.25, -0.2) is 13.8 Å². The van der Waals surface area contributed by atoms with Gasteiger partial charge in [0.15, 0.2) is 11.1 Å². The van der Waals surface area contributed by atoms with Gasteiger partial charge in [-0.1, -0.05) is 0 Å². The average Bonchev–Trinajstić information content (AvgIpc) is 2.23. The van der Waals surface area contributed by atoms with E-state index in [-0.39, 0.29) is 0 Å². The van der Waals surface area contributed by atoms with Gasteiger partial charge in [0.2, 0.25) is 8.32 Å². The van der Waals surface area contributed by atoms with Gasteiger partial charge in [-0.2, -0.15) is 0 Å². The Morgan fingerprint density at radius 1 is 1.06 bits per heavy atom. The van der Waals surface area contributed by atoms with Crippen LogP contribution in [0.2, 0.25) is 19.6 Å². The highest BCUT2D eigenvalue weighted by molar-refractivity contribution is 7.84. The second kappa shape index (κ2) is 5.74. The Kier molecular flexibility index (Phi) is 5.49. The maximum atomic E-state index is 12.0. The molecule has 1 unspecified atom stereocenters. The third-order valence-electron chi connectivity index (χ3n) is 1.81. The molecule has 0 aromatic rings. The maximum absolute atomic E-state index is 12.0. The Bertz CT molecular complexity index is 319. The van der Waals surface area contributed by atoms with E-state index in [9.17, 15) is 13.8 Å². The Morgan fingerprint density at radius 2 is 1.41 bits per heavy atom. The van der Waals surface area contributed by atoms with Crippen LogP contribution in [0.1, 0.15) is 6.92 Å². The Labute approximate surface area is 104 Å². The van der Waals surface area contributed by atoms with Crippen LogP contribution >= 0.6 is 0 Å². The number of hydrogen-bond donors (Lipinski definition) is 0. The minimum Gasteiger partial charge on any atom is -0.467 e. The molecule has 0 aromatic heterocycles. The molecule has 0 aromatic carbocycles. The van der Waals surface area contributed by atoms with Gasteiger partial charge in [0.1, 0.15) is 0 Å². The molecule has 1 atom stereocenters. The van der Waals surface area contributed by atoms with Crippen LogP contribution in [0.25, 0.3) is 0 Å². The number of carbonyl (C=O) groups excluding carboxylic acids is 2. The van der Waals surface area contributed by atoms with Gasteiger partial charge in [0.05, 0.1) is 14.2 Å². The largest absolute Gasteiger partial charge is 0.467 e. The Balaban J connectivity index is 5.27. The van der Waals surface area contributed by atoms with Crippen molar-refractivity contribution in [2.45, 2.75) is 31.3 Å². The first-order valence-corrected chi connectivity index (χ1v) is 9.36. The average molecular weight is 282 g/mol. The molecule has 0 N–H and O–H groups in total. The van der Waals surface area contributed by atoms with Crippen LogP contribution in [0.5, 0.6) is 0 Å². The van der Waals surface area contributed by atoms with Crippen molar-refractivity contribution in [3.63, 3.8) is 0 Å². The molecule has 8 heteroatoms. The van der Waals surface area contributed by atoms with E-state index in [0.29, 0.717) is 0 Å². The lowest BCUT2D eigenvalue weighted by Gasteiger charge is -2.26. The summed E-state index contributed by atoms with van der Waals surface area (Å²) in [7, 11) is 0.0497. The second-order valence-corrected chi connectivity index (χ2v) is 10.6. The van der Waals surface area contributed by atoms with Crippen molar-refractivity contribution in [3.05, 3.63) is 0 Å². The summed E-state index contributed by atoms with van der Waals surface area (Å²) in [6.45, 7) is 6.56. The zero-order valence-corrected chi connectivity index (χ0v) is 12.7. The minimum absolute atomic E-state index is 0.944. The van der Waals surface area contributed by atoms with E-state index in [1.54, 1.807) is 19.6 Å². The maximum Gasteiger partial charge on any atom is 0.338 e. The molecule has 6 nitrogen and oxygen atoms in total.